The Morgan fingerprint density at radius 1 is 1.04 bits per heavy atom. The molecule has 0 aliphatic heterocycles. The second-order valence-corrected chi connectivity index (χ2v) is 7.16. The highest BCUT2D eigenvalue weighted by Crippen LogP contribution is 2.20. The maximum Gasteiger partial charge on any atom is 0.256 e. The maximum absolute atomic E-state index is 12.8. The first-order valence-electron chi connectivity index (χ1n) is 9.41. The summed E-state index contributed by atoms with van der Waals surface area (Å²) >= 11 is 0. The minimum absolute atomic E-state index is 0.0850. The molecule has 3 aromatic rings. The normalized spacial score (nSPS) is 12.0. The number of amides is 1. The molecule has 0 aliphatic carbocycles. The molecule has 0 radical (unpaired) electrons. The van der Waals surface area contributed by atoms with Gasteiger partial charge in [-0.25, -0.2) is 4.98 Å². The highest BCUT2D eigenvalue weighted by Gasteiger charge is 2.22. The number of rotatable bonds is 6. The van der Waals surface area contributed by atoms with Crippen LogP contribution in [0.15, 0.2) is 71.7 Å². The highest BCUT2D eigenvalue weighted by molar-refractivity contribution is 5.79. The Bertz CT molecular complexity index is 995. The minimum atomic E-state index is -0.503. The van der Waals surface area contributed by atoms with E-state index < -0.39 is 6.04 Å². The van der Waals surface area contributed by atoms with Gasteiger partial charge in [0.2, 0.25) is 5.91 Å². The first-order valence-corrected chi connectivity index (χ1v) is 9.41. The Balaban J connectivity index is 1.96. The molecule has 1 amide bonds. The Kier molecular flexibility index (Phi) is 6.04. The topological polar surface area (TPSA) is 64.0 Å². The third kappa shape index (κ3) is 4.36. The molecule has 0 bridgehead atoms. The zero-order valence-corrected chi connectivity index (χ0v) is 16.4. The average molecular weight is 375 g/mol. The largest absolute Gasteiger partial charge is 0.342 e. The van der Waals surface area contributed by atoms with Crippen molar-refractivity contribution in [3.05, 3.63) is 99.7 Å². The number of carbonyl (C=O) groups is 1. The van der Waals surface area contributed by atoms with Crippen LogP contribution in [0.5, 0.6) is 0 Å². The van der Waals surface area contributed by atoms with Crippen LogP contribution in [0.1, 0.15) is 48.3 Å². The molecule has 0 saturated carbocycles. The molecule has 28 heavy (non-hydrogen) atoms. The van der Waals surface area contributed by atoms with Crippen molar-refractivity contribution < 1.29 is 4.79 Å². The predicted octanol–water partition coefficient (Wildman–Crippen LogP) is 3.35. The van der Waals surface area contributed by atoms with Gasteiger partial charge in [-0.2, -0.15) is 0 Å². The fourth-order valence-corrected chi connectivity index (χ4v) is 3.18. The fraction of sp³-hybridized carbons (Fsp3) is 0.261. The Morgan fingerprint density at radius 2 is 1.64 bits per heavy atom. The first-order chi connectivity index (χ1) is 13.5. The van der Waals surface area contributed by atoms with Gasteiger partial charge in [0.1, 0.15) is 11.9 Å². The lowest BCUT2D eigenvalue weighted by Gasteiger charge is -2.22. The molecule has 3 rings (SSSR count). The van der Waals surface area contributed by atoms with Crippen LogP contribution < -0.4 is 10.9 Å². The summed E-state index contributed by atoms with van der Waals surface area (Å²) in [5.41, 5.74) is 2.39. The van der Waals surface area contributed by atoms with Crippen molar-refractivity contribution in [3.8, 4) is 0 Å². The number of nitrogens with zero attached hydrogens (tertiary/aromatic N) is 2. The molecule has 1 N–H and O–H groups in total. The third-order valence-electron chi connectivity index (χ3n) is 4.76. The average Bonchev–Trinajstić information content (AvgIpc) is 2.69. The van der Waals surface area contributed by atoms with Crippen LogP contribution in [0.4, 0.5) is 0 Å². The summed E-state index contributed by atoms with van der Waals surface area (Å²) in [6.07, 6.45) is 1.89. The minimum Gasteiger partial charge on any atom is -0.342 e. The van der Waals surface area contributed by atoms with Gasteiger partial charge in [-0.3, -0.25) is 14.2 Å². The van der Waals surface area contributed by atoms with Crippen LogP contribution in [0.2, 0.25) is 0 Å². The van der Waals surface area contributed by atoms with Crippen LogP contribution in [0, 0.1) is 0 Å². The molecule has 0 aliphatic rings. The summed E-state index contributed by atoms with van der Waals surface area (Å²) in [4.78, 5) is 30.0. The molecule has 144 valence electrons. The fourth-order valence-electron chi connectivity index (χ4n) is 3.18. The Labute approximate surface area is 165 Å². The van der Waals surface area contributed by atoms with E-state index in [1.165, 1.54) is 4.57 Å². The van der Waals surface area contributed by atoms with Crippen molar-refractivity contribution in [1.29, 1.82) is 0 Å². The molecular formula is C23H25N3O2. The molecule has 0 fully saturated rings. The van der Waals surface area contributed by atoms with E-state index in [1.54, 1.807) is 13.2 Å². The number of carbonyl (C=O) groups excluding carboxylic acids is 1. The van der Waals surface area contributed by atoms with E-state index in [9.17, 15) is 9.59 Å². The van der Waals surface area contributed by atoms with Gasteiger partial charge in [-0.1, -0.05) is 74.5 Å². The summed E-state index contributed by atoms with van der Waals surface area (Å²) in [6.45, 7) is 3.93. The van der Waals surface area contributed by atoms with Gasteiger partial charge in [-0.05, 0) is 17.0 Å². The van der Waals surface area contributed by atoms with Crippen LogP contribution in [0.25, 0.3) is 0 Å². The van der Waals surface area contributed by atoms with E-state index in [1.807, 2.05) is 74.5 Å². The molecule has 0 spiro atoms. The van der Waals surface area contributed by atoms with Crippen molar-refractivity contribution in [2.45, 2.75) is 32.2 Å². The zero-order valence-electron chi connectivity index (χ0n) is 16.4. The second kappa shape index (κ2) is 8.65. The SMILES string of the molecule is CC(C)c1cnc(C(NC(=O)Cc2ccccc2)c2ccccc2)n(C)c1=O. The highest BCUT2D eigenvalue weighted by atomic mass is 16.1. The molecule has 1 atom stereocenters. The summed E-state index contributed by atoms with van der Waals surface area (Å²) in [6, 6.07) is 18.7. The quantitative estimate of drug-likeness (QED) is 0.719. The van der Waals surface area contributed by atoms with Gasteiger partial charge in [0.05, 0.1) is 6.42 Å². The molecule has 1 heterocycles. The molecule has 1 unspecified atom stereocenters. The van der Waals surface area contributed by atoms with E-state index in [2.05, 4.69) is 10.3 Å². The van der Waals surface area contributed by atoms with Gasteiger partial charge in [0.25, 0.3) is 5.56 Å². The molecule has 5 nitrogen and oxygen atoms in total. The summed E-state index contributed by atoms with van der Waals surface area (Å²) in [7, 11) is 1.70. The molecule has 5 heteroatoms. The van der Waals surface area contributed by atoms with Gasteiger partial charge >= 0.3 is 0 Å². The van der Waals surface area contributed by atoms with Crippen LogP contribution in [-0.2, 0) is 18.3 Å². The van der Waals surface area contributed by atoms with Crippen molar-refractivity contribution >= 4 is 5.91 Å². The third-order valence-corrected chi connectivity index (χ3v) is 4.76. The van der Waals surface area contributed by atoms with E-state index in [-0.39, 0.29) is 23.8 Å². The Hall–Kier alpha value is -3.21. The molecule has 0 saturated heterocycles. The predicted molar refractivity (Wildman–Crippen MR) is 110 cm³/mol. The van der Waals surface area contributed by atoms with Crippen molar-refractivity contribution in [2.75, 3.05) is 0 Å². The van der Waals surface area contributed by atoms with E-state index >= 15 is 0 Å². The number of hydrogen-bond donors (Lipinski definition) is 1. The maximum atomic E-state index is 12.8. The van der Waals surface area contributed by atoms with Crippen molar-refractivity contribution in [1.82, 2.24) is 14.9 Å². The van der Waals surface area contributed by atoms with Gasteiger partial charge in [0, 0.05) is 18.8 Å². The lowest BCUT2D eigenvalue weighted by atomic mass is 10.0. The van der Waals surface area contributed by atoms with E-state index in [4.69, 9.17) is 0 Å². The van der Waals surface area contributed by atoms with Crippen molar-refractivity contribution in [2.24, 2.45) is 7.05 Å². The smallest absolute Gasteiger partial charge is 0.256 e. The van der Waals surface area contributed by atoms with Crippen LogP contribution >= 0.6 is 0 Å². The summed E-state index contributed by atoms with van der Waals surface area (Å²) in [5, 5.41) is 3.05. The van der Waals surface area contributed by atoms with E-state index in [0.29, 0.717) is 11.4 Å². The monoisotopic (exact) mass is 375 g/mol. The van der Waals surface area contributed by atoms with Crippen LogP contribution in [0.3, 0.4) is 0 Å². The lowest BCUT2D eigenvalue weighted by Crippen LogP contribution is -2.36. The summed E-state index contributed by atoms with van der Waals surface area (Å²) in [5.74, 6) is 0.479. The lowest BCUT2D eigenvalue weighted by molar-refractivity contribution is -0.121. The van der Waals surface area contributed by atoms with Crippen molar-refractivity contribution in [3.63, 3.8) is 0 Å². The van der Waals surface area contributed by atoms with Gasteiger partial charge in [0.15, 0.2) is 0 Å². The molecule has 2 aromatic carbocycles. The number of aromatic nitrogens is 2. The standard InChI is InChI=1S/C23H25N3O2/c1-16(2)19-15-24-22(26(3)23(19)28)21(18-12-8-5-9-13-18)25-20(27)14-17-10-6-4-7-11-17/h4-13,15-16,21H,14H2,1-3H3,(H,25,27). The van der Waals surface area contributed by atoms with E-state index in [0.717, 1.165) is 11.1 Å². The second-order valence-electron chi connectivity index (χ2n) is 7.16. The Morgan fingerprint density at radius 3 is 2.25 bits per heavy atom. The molecular weight excluding hydrogens is 350 g/mol. The number of nitrogens with one attached hydrogen (secondary N) is 1. The van der Waals surface area contributed by atoms with Crippen LogP contribution in [-0.4, -0.2) is 15.5 Å². The number of benzene rings is 2. The summed E-state index contributed by atoms with van der Waals surface area (Å²) < 4.78 is 1.54. The first kappa shape index (κ1) is 19.5. The van der Waals surface area contributed by atoms with Gasteiger partial charge < -0.3 is 5.32 Å². The number of hydrogen-bond acceptors (Lipinski definition) is 3. The van der Waals surface area contributed by atoms with Gasteiger partial charge in [-0.15, -0.1) is 0 Å². The molecule has 1 aromatic heterocycles. The zero-order chi connectivity index (χ0) is 20.1.